The van der Waals surface area contributed by atoms with Gasteiger partial charge in [0.05, 0.1) is 5.92 Å². The molecule has 1 N–H and O–H groups in total. The van der Waals surface area contributed by atoms with Crippen LogP contribution in [0.4, 0.5) is 0 Å². The molecule has 4 heteroatoms. The fraction of sp³-hybridized carbons (Fsp3) is 0.263. The number of carboxylic acids is 1. The monoisotopic (exact) mass is 328 g/mol. The Balaban J connectivity index is 2.17. The summed E-state index contributed by atoms with van der Waals surface area (Å²) in [6, 6.07) is 19.2. The molecule has 0 aliphatic heterocycles. The van der Waals surface area contributed by atoms with E-state index < -0.39 is 11.9 Å². The first-order valence-corrected chi connectivity index (χ1v) is 8.43. The Morgan fingerprint density at radius 2 is 1.57 bits per heavy atom. The van der Waals surface area contributed by atoms with Crippen molar-refractivity contribution in [3.8, 4) is 0 Å². The molecule has 0 saturated heterocycles. The van der Waals surface area contributed by atoms with Gasteiger partial charge in [0.2, 0.25) is 0 Å². The highest BCUT2D eigenvalue weighted by molar-refractivity contribution is 8.13. The maximum absolute atomic E-state index is 11.7. The Hall–Kier alpha value is -2.07. The standard InChI is InChI=1S/C19H20O3S/c1-14(20)23-18(16-10-6-3-7-11-16)13-17(19(21)22)12-15-8-4-2-5-9-15/h2-11,17-18H,12-13H2,1H3,(H,21,22)/t17-,18-/m1/s1. The van der Waals surface area contributed by atoms with Gasteiger partial charge in [-0.3, -0.25) is 9.59 Å². The number of hydrogen-bond donors (Lipinski definition) is 1. The lowest BCUT2D eigenvalue weighted by atomic mass is 9.92. The van der Waals surface area contributed by atoms with Crippen LogP contribution < -0.4 is 0 Å². The molecule has 0 amide bonds. The normalized spacial score (nSPS) is 13.3. The van der Waals surface area contributed by atoms with Crippen LogP contribution in [0.25, 0.3) is 0 Å². The van der Waals surface area contributed by atoms with Gasteiger partial charge >= 0.3 is 5.97 Å². The summed E-state index contributed by atoms with van der Waals surface area (Å²) < 4.78 is 0. The highest BCUT2D eigenvalue weighted by Crippen LogP contribution is 2.36. The van der Waals surface area contributed by atoms with Crippen LogP contribution in [-0.2, 0) is 16.0 Å². The molecule has 0 saturated carbocycles. The fourth-order valence-corrected chi connectivity index (χ4v) is 3.57. The maximum atomic E-state index is 11.7. The second kappa shape index (κ2) is 8.53. The molecule has 0 bridgehead atoms. The Kier molecular flexibility index (Phi) is 6.41. The van der Waals surface area contributed by atoms with E-state index in [9.17, 15) is 14.7 Å². The second-order valence-electron chi connectivity index (χ2n) is 5.47. The average molecular weight is 328 g/mol. The van der Waals surface area contributed by atoms with Crippen molar-refractivity contribution in [2.45, 2.75) is 25.0 Å². The van der Waals surface area contributed by atoms with Crippen molar-refractivity contribution in [3.63, 3.8) is 0 Å². The highest BCUT2D eigenvalue weighted by atomic mass is 32.2. The molecule has 3 nitrogen and oxygen atoms in total. The zero-order valence-electron chi connectivity index (χ0n) is 13.0. The molecule has 0 aliphatic rings. The summed E-state index contributed by atoms with van der Waals surface area (Å²) in [7, 11) is 0. The fourth-order valence-electron chi connectivity index (χ4n) is 2.55. The van der Waals surface area contributed by atoms with Gasteiger partial charge in [-0.25, -0.2) is 0 Å². The summed E-state index contributed by atoms with van der Waals surface area (Å²) in [6.45, 7) is 1.52. The van der Waals surface area contributed by atoms with Crippen LogP contribution in [0.2, 0.25) is 0 Å². The molecule has 0 heterocycles. The SMILES string of the molecule is CC(=O)S[C@H](C[C@@H](Cc1ccccc1)C(=O)O)c1ccccc1. The van der Waals surface area contributed by atoms with Gasteiger partial charge in [0.15, 0.2) is 5.12 Å². The quantitative estimate of drug-likeness (QED) is 0.821. The molecule has 2 aromatic carbocycles. The van der Waals surface area contributed by atoms with E-state index in [2.05, 4.69) is 0 Å². The summed E-state index contributed by atoms with van der Waals surface area (Å²) in [5.74, 6) is -1.34. The Morgan fingerprint density at radius 1 is 1.00 bits per heavy atom. The topological polar surface area (TPSA) is 54.4 Å². The second-order valence-corrected chi connectivity index (χ2v) is 6.85. The molecule has 0 unspecified atom stereocenters. The number of rotatable bonds is 7. The number of benzene rings is 2. The van der Waals surface area contributed by atoms with Crippen molar-refractivity contribution in [1.82, 2.24) is 0 Å². The molecule has 0 spiro atoms. The number of aliphatic carboxylic acids is 1. The first kappa shape index (κ1) is 17.3. The summed E-state index contributed by atoms with van der Waals surface area (Å²) in [4.78, 5) is 23.2. The van der Waals surface area contributed by atoms with Crippen molar-refractivity contribution < 1.29 is 14.7 Å². The smallest absolute Gasteiger partial charge is 0.306 e. The van der Waals surface area contributed by atoms with Crippen LogP contribution in [0.5, 0.6) is 0 Å². The van der Waals surface area contributed by atoms with Gasteiger partial charge in [0, 0.05) is 12.2 Å². The zero-order chi connectivity index (χ0) is 16.7. The van der Waals surface area contributed by atoms with Crippen LogP contribution >= 0.6 is 11.8 Å². The number of carboxylic acid groups (broad SMARTS) is 1. The third-order valence-electron chi connectivity index (χ3n) is 3.65. The van der Waals surface area contributed by atoms with E-state index in [-0.39, 0.29) is 10.4 Å². The van der Waals surface area contributed by atoms with E-state index in [0.717, 1.165) is 11.1 Å². The van der Waals surface area contributed by atoms with Crippen molar-refractivity contribution >= 4 is 22.8 Å². The lowest BCUT2D eigenvalue weighted by Gasteiger charge is -2.20. The zero-order valence-corrected chi connectivity index (χ0v) is 13.8. The van der Waals surface area contributed by atoms with E-state index in [1.54, 1.807) is 0 Å². The minimum absolute atomic E-state index is 0.00250. The van der Waals surface area contributed by atoms with Gasteiger partial charge in [0.25, 0.3) is 0 Å². The van der Waals surface area contributed by atoms with Gasteiger partial charge in [-0.05, 0) is 24.0 Å². The van der Waals surface area contributed by atoms with Gasteiger partial charge < -0.3 is 5.11 Å². The molecular formula is C19H20O3S. The van der Waals surface area contributed by atoms with E-state index in [1.807, 2.05) is 60.7 Å². The molecule has 120 valence electrons. The molecule has 2 atom stereocenters. The summed E-state index contributed by atoms with van der Waals surface area (Å²) in [5, 5.41) is 9.43. The van der Waals surface area contributed by atoms with Gasteiger partial charge in [-0.15, -0.1) is 0 Å². The molecular weight excluding hydrogens is 308 g/mol. The number of carbonyl (C=O) groups is 2. The third-order valence-corrected chi connectivity index (χ3v) is 4.73. The van der Waals surface area contributed by atoms with Gasteiger partial charge in [-0.1, -0.05) is 72.4 Å². The lowest BCUT2D eigenvalue weighted by Crippen LogP contribution is -2.19. The Morgan fingerprint density at radius 3 is 2.09 bits per heavy atom. The van der Waals surface area contributed by atoms with Crippen LogP contribution in [0.3, 0.4) is 0 Å². The minimum atomic E-state index is -0.820. The van der Waals surface area contributed by atoms with Crippen LogP contribution in [0.1, 0.15) is 29.7 Å². The van der Waals surface area contributed by atoms with Crippen molar-refractivity contribution in [2.24, 2.45) is 5.92 Å². The molecule has 0 aliphatic carbocycles. The number of thioether (sulfide) groups is 1. The summed E-state index contributed by atoms with van der Waals surface area (Å²) >= 11 is 1.21. The van der Waals surface area contributed by atoms with Gasteiger partial charge in [-0.2, -0.15) is 0 Å². The highest BCUT2D eigenvalue weighted by Gasteiger charge is 2.25. The van der Waals surface area contributed by atoms with Crippen LogP contribution in [-0.4, -0.2) is 16.2 Å². The van der Waals surface area contributed by atoms with E-state index in [4.69, 9.17) is 0 Å². The van der Waals surface area contributed by atoms with Crippen LogP contribution in [0, 0.1) is 5.92 Å². The minimum Gasteiger partial charge on any atom is -0.481 e. The predicted octanol–water partition coefficient (Wildman–Crippen LogP) is 4.34. The van der Waals surface area contributed by atoms with Gasteiger partial charge in [0.1, 0.15) is 0 Å². The van der Waals surface area contributed by atoms with E-state index >= 15 is 0 Å². The van der Waals surface area contributed by atoms with E-state index in [0.29, 0.717) is 12.8 Å². The van der Waals surface area contributed by atoms with E-state index in [1.165, 1.54) is 18.7 Å². The largest absolute Gasteiger partial charge is 0.481 e. The summed E-state index contributed by atoms with van der Waals surface area (Å²) in [5.41, 5.74) is 1.99. The average Bonchev–Trinajstić information content (AvgIpc) is 2.54. The molecule has 23 heavy (non-hydrogen) atoms. The lowest BCUT2D eigenvalue weighted by molar-refractivity contribution is -0.142. The summed E-state index contributed by atoms with van der Waals surface area (Å²) in [6.07, 6.45) is 0.899. The number of carbonyl (C=O) groups excluding carboxylic acids is 1. The molecule has 2 aromatic rings. The van der Waals surface area contributed by atoms with Crippen molar-refractivity contribution in [1.29, 1.82) is 0 Å². The maximum Gasteiger partial charge on any atom is 0.306 e. The Labute approximate surface area is 140 Å². The van der Waals surface area contributed by atoms with Crippen molar-refractivity contribution in [2.75, 3.05) is 0 Å². The number of hydrogen-bond acceptors (Lipinski definition) is 3. The molecule has 2 rings (SSSR count). The first-order chi connectivity index (χ1) is 11.1. The molecule has 0 aromatic heterocycles. The first-order valence-electron chi connectivity index (χ1n) is 7.55. The Bertz CT molecular complexity index is 640. The molecule has 0 fully saturated rings. The van der Waals surface area contributed by atoms with Crippen LogP contribution in [0.15, 0.2) is 60.7 Å². The third kappa shape index (κ3) is 5.57. The predicted molar refractivity (Wildman–Crippen MR) is 93.3 cm³/mol. The molecule has 0 radical (unpaired) electrons. The van der Waals surface area contributed by atoms with Crippen molar-refractivity contribution in [3.05, 3.63) is 71.8 Å².